The van der Waals surface area contributed by atoms with Gasteiger partial charge in [-0.15, -0.1) is 0 Å². The van der Waals surface area contributed by atoms with Crippen LogP contribution in [0.3, 0.4) is 0 Å². The van der Waals surface area contributed by atoms with Gasteiger partial charge in [-0.3, -0.25) is 10.1 Å². The summed E-state index contributed by atoms with van der Waals surface area (Å²) in [5, 5.41) is 10.5. The Morgan fingerprint density at radius 2 is 2.06 bits per heavy atom. The Balaban J connectivity index is 2.22. The van der Waals surface area contributed by atoms with Crippen molar-refractivity contribution in [2.24, 2.45) is 0 Å². The van der Waals surface area contributed by atoms with Crippen molar-refractivity contribution in [3.63, 3.8) is 0 Å². The molecule has 2 aromatic rings. The molecular weight excluding hydrogens is 208 g/mol. The molecule has 0 radical (unpaired) electrons. The molecule has 5 heteroatoms. The summed E-state index contributed by atoms with van der Waals surface area (Å²) in [4.78, 5) is 14.0. The molecule has 1 aromatic carbocycles. The summed E-state index contributed by atoms with van der Waals surface area (Å²) in [6.07, 6.45) is 1.59. The van der Waals surface area contributed by atoms with Crippen molar-refractivity contribution >= 4 is 5.69 Å². The van der Waals surface area contributed by atoms with Crippen molar-refractivity contribution in [3.8, 4) is 11.6 Å². The topological polar surface area (TPSA) is 65.3 Å². The van der Waals surface area contributed by atoms with Crippen molar-refractivity contribution in [3.05, 3.63) is 58.8 Å². The van der Waals surface area contributed by atoms with Gasteiger partial charge in [-0.1, -0.05) is 12.1 Å². The molecule has 0 unspecified atom stereocenters. The molecule has 0 N–H and O–H groups in total. The van der Waals surface area contributed by atoms with Crippen LogP contribution in [0.2, 0.25) is 0 Å². The van der Waals surface area contributed by atoms with Gasteiger partial charge in [0.1, 0.15) is 5.75 Å². The van der Waals surface area contributed by atoms with Crippen LogP contribution >= 0.6 is 0 Å². The number of hydrogen-bond acceptors (Lipinski definition) is 4. The lowest BCUT2D eigenvalue weighted by atomic mass is 10.3. The lowest BCUT2D eigenvalue weighted by Gasteiger charge is -2.03. The smallest absolute Gasteiger partial charge is 0.273 e. The van der Waals surface area contributed by atoms with Gasteiger partial charge in [0.05, 0.1) is 11.0 Å². The minimum absolute atomic E-state index is 0.00608. The summed E-state index contributed by atoms with van der Waals surface area (Å²) in [6.45, 7) is 0. The fourth-order valence-electron chi connectivity index (χ4n) is 1.19. The van der Waals surface area contributed by atoms with E-state index in [9.17, 15) is 10.1 Å². The first-order valence-electron chi connectivity index (χ1n) is 4.59. The average Bonchev–Trinajstić information content (AvgIpc) is 2.30. The maximum atomic E-state index is 10.5. The highest BCUT2D eigenvalue weighted by molar-refractivity contribution is 5.39. The molecule has 1 heterocycles. The van der Waals surface area contributed by atoms with E-state index in [1.807, 2.05) is 0 Å². The highest BCUT2D eigenvalue weighted by Gasteiger charge is 2.06. The van der Waals surface area contributed by atoms with Crippen LogP contribution < -0.4 is 4.74 Å². The summed E-state index contributed by atoms with van der Waals surface area (Å²) in [5.74, 6) is 0.802. The monoisotopic (exact) mass is 216 g/mol. The first kappa shape index (κ1) is 10.1. The van der Waals surface area contributed by atoms with Gasteiger partial charge in [-0.05, 0) is 12.1 Å². The zero-order valence-corrected chi connectivity index (χ0v) is 8.24. The SMILES string of the molecule is O=[N+]([O-])c1cccc(Oc2ccccn2)c1. The van der Waals surface area contributed by atoms with E-state index in [4.69, 9.17) is 4.74 Å². The van der Waals surface area contributed by atoms with Crippen LogP contribution in [0.1, 0.15) is 0 Å². The zero-order chi connectivity index (χ0) is 11.4. The van der Waals surface area contributed by atoms with Gasteiger partial charge in [0.25, 0.3) is 5.69 Å². The molecule has 1 aromatic heterocycles. The van der Waals surface area contributed by atoms with Gasteiger partial charge in [0, 0.05) is 18.3 Å². The van der Waals surface area contributed by atoms with Gasteiger partial charge in [-0.2, -0.15) is 0 Å². The maximum absolute atomic E-state index is 10.5. The third-order valence-electron chi connectivity index (χ3n) is 1.89. The van der Waals surface area contributed by atoms with Crippen molar-refractivity contribution in [1.29, 1.82) is 0 Å². The van der Waals surface area contributed by atoms with Gasteiger partial charge in [0.15, 0.2) is 0 Å². The van der Waals surface area contributed by atoms with E-state index in [0.29, 0.717) is 11.6 Å². The van der Waals surface area contributed by atoms with Crippen molar-refractivity contribution in [2.45, 2.75) is 0 Å². The molecule has 2 rings (SSSR count). The van der Waals surface area contributed by atoms with Crippen LogP contribution in [0.4, 0.5) is 5.69 Å². The van der Waals surface area contributed by atoms with Gasteiger partial charge in [-0.25, -0.2) is 4.98 Å². The quantitative estimate of drug-likeness (QED) is 0.584. The van der Waals surface area contributed by atoms with E-state index in [2.05, 4.69) is 4.98 Å². The number of benzene rings is 1. The Bertz CT molecular complexity index is 500. The highest BCUT2D eigenvalue weighted by atomic mass is 16.6. The Labute approximate surface area is 91.5 Å². The van der Waals surface area contributed by atoms with Crippen LogP contribution in [0.15, 0.2) is 48.7 Å². The molecule has 0 aliphatic carbocycles. The number of nitro benzene ring substituents is 1. The minimum Gasteiger partial charge on any atom is -0.439 e. The van der Waals surface area contributed by atoms with E-state index >= 15 is 0 Å². The summed E-state index contributed by atoms with van der Waals surface area (Å²) in [6, 6.07) is 11.2. The van der Waals surface area contributed by atoms with Gasteiger partial charge >= 0.3 is 0 Å². The molecule has 0 aliphatic heterocycles. The lowest BCUT2D eigenvalue weighted by Crippen LogP contribution is -1.90. The average molecular weight is 216 g/mol. The normalized spacial score (nSPS) is 9.75. The zero-order valence-electron chi connectivity index (χ0n) is 8.24. The fourth-order valence-corrected chi connectivity index (χ4v) is 1.19. The Hall–Kier alpha value is -2.43. The Morgan fingerprint density at radius 3 is 2.75 bits per heavy atom. The standard InChI is InChI=1S/C11H8N2O3/c14-13(15)9-4-3-5-10(8-9)16-11-6-1-2-7-12-11/h1-8H. The number of nitrogens with zero attached hydrogens (tertiary/aromatic N) is 2. The van der Waals surface area contributed by atoms with Crippen molar-refractivity contribution < 1.29 is 9.66 Å². The molecular formula is C11H8N2O3. The molecule has 0 fully saturated rings. The van der Waals surface area contributed by atoms with Crippen molar-refractivity contribution in [1.82, 2.24) is 4.98 Å². The van der Waals surface area contributed by atoms with E-state index in [1.54, 1.807) is 36.5 Å². The number of nitro groups is 1. The number of non-ortho nitro benzene ring substituents is 1. The van der Waals surface area contributed by atoms with Crippen LogP contribution in [0.5, 0.6) is 11.6 Å². The molecule has 0 saturated carbocycles. The van der Waals surface area contributed by atoms with Gasteiger partial charge < -0.3 is 4.74 Å². The van der Waals surface area contributed by atoms with Crippen LogP contribution in [0.25, 0.3) is 0 Å². The highest BCUT2D eigenvalue weighted by Crippen LogP contribution is 2.23. The largest absolute Gasteiger partial charge is 0.439 e. The van der Waals surface area contributed by atoms with E-state index in [1.165, 1.54) is 12.1 Å². The number of hydrogen-bond donors (Lipinski definition) is 0. The summed E-state index contributed by atoms with van der Waals surface area (Å²) >= 11 is 0. The Morgan fingerprint density at radius 1 is 1.19 bits per heavy atom. The molecule has 0 atom stereocenters. The summed E-state index contributed by atoms with van der Waals surface area (Å²) in [7, 11) is 0. The predicted molar refractivity (Wildman–Crippen MR) is 57.4 cm³/mol. The molecule has 0 saturated heterocycles. The first-order valence-corrected chi connectivity index (χ1v) is 4.59. The summed E-state index contributed by atoms with van der Waals surface area (Å²) < 4.78 is 5.35. The van der Waals surface area contributed by atoms with Gasteiger partial charge in [0.2, 0.25) is 5.88 Å². The van der Waals surface area contributed by atoms with Crippen LogP contribution in [-0.4, -0.2) is 9.91 Å². The molecule has 0 amide bonds. The third kappa shape index (κ3) is 2.33. The Kier molecular flexibility index (Phi) is 2.77. The molecule has 0 bridgehead atoms. The van der Waals surface area contributed by atoms with Crippen LogP contribution in [-0.2, 0) is 0 Å². The van der Waals surface area contributed by atoms with Crippen molar-refractivity contribution in [2.75, 3.05) is 0 Å². The minimum atomic E-state index is -0.467. The predicted octanol–water partition coefficient (Wildman–Crippen LogP) is 2.78. The molecule has 0 spiro atoms. The first-order chi connectivity index (χ1) is 7.75. The number of pyridine rings is 1. The van der Waals surface area contributed by atoms with E-state index in [0.717, 1.165) is 0 Å². The number of aromatic nitrogens is 1. The second kappa shape index (κ2) is 4.39. The lowest BCUT2D eigenvalue weighted by molar-refractivity contribution is -0.384. The molecule has 80 valence electrons. The second-order valence-electron chi connectivity index (χ2n) is 3.02. The second-order valence-corrected chi connectivity index (χ2v) is 3.02. The summed E-state index contributed by atoms with van der Waals surface area (Å²) in [5.41, 5.74) is -0.00608. The van der Waals surface area contributed by atoms with E-state index in [-0.39, 0.29) is 5.69 Å². The third-order valence-corrected chi connectivity index (χ3v) is 1.89. The van der Waals surface area contributed by atoms with Crippen LogP contribution in [0, 0.1) is 10.1 Å². The molecule has 5 nitrogen and oxygen atoms in total. The maximum Gasteiger partial charge on any atom is 0.273 e. The number of ether oxygens (including phenoxy) is 1. The van der Waals surface area contributed by atoms with E-state index < -0.39 is 4.92 Å². The molecule has 0 aliphatic rings. The fraction of sp³-hybridized carbons (Fsp3) is 0. The molecule has 16 heavy (non-hydrogen) atoms. The number of rotatable bonds is 3.